The number of anilines is 1. The molecule has 1 saturated heterocycles. The lowest BCUT2D eigenvalue weighted by Gasteiger charge is -2.36. The molecule has 2 aliphatic heterocycles. The SMILES string of the molecule is COc1ccc(S(=O)(=O)NC[C@@H](c2ccc3c(c2)CCCN3C)N2CCOCC2)cc1C. The van der Waals surface area contributed by atoms with E-state index in [4.69, 9.17) is 9.47 Å². The van der Waals surface area contributed by atoms with E-state index in [9.17, 15) is 8.42 Å². The Hall–Kier alpha value is -2.13. The van der Waals surface area contributed by atoms with E-state index in [1.54, 1.807) is 25.3 Å². The van der Waals surface area contributed by atoms with Gasteiger partial charge < -0.3 is 14.4 Å². The molecule has 2 aromatic rings. The fraction of sp³-hybridized carbons (Fsp3) is 0.500. The summed E-state index contributed by atoms with van der Waals surface area (Å²) in [6.07, 6.45) is 2.19. The quantitative estimate of drug-likeness (QED) is 0.687. The van der Waals surface area contributed by atoms with Gasteiger partial charge in [0.1, 0.15) is 5.75 Å². The van der Waals surface area contributed by atoms with Crippen molar-refractivity contribution in [2.75, 3.05) is 58.5 Å². The number of nitrogens with zero attached hydrogens (tertiary/aromatic N) is 2. The van der Waals surface area contributed by atoms with Gasteiger partial charge in [0.2, 0.25) is 10.0 Å². The molecule has 0 aromatic heterocycles. The van der Waals surface area contributed by atoms with Crippen molar-refractivity contribution in [2.24, 2.45) is 0 Å². The van der Waals surface area contributed by atoms with E-state index in [0.717, 1.165) is 43.6 Å². The topological polar surface area (TPSA) is 71.1 Å². The molecule has 0 unspecified atom stereocenters. The number of fused-ring (bicyclic) bond motifs is 1. The predicted octanol–water partition coefficient (Wildman–Crippen LogP) is 2.74. The minimum atomic E-state index is -3.65. The molecule has 2 aromatic carbocycles. The zero-order chi connectivity index (χ0) is 22.7. The molecule has 32 heavy (non-hydrogen) atoms. The lowest BCUT2D eigenvalue weighted by atomic mass is 9.96. The Balaban J connectivity index is 1.58. The van der Waals surface area contributed by atoms with Crippen LogP contribution < -0.4 is 14.4 Å². The average molecular weight is 460 g/mol. The van der Waals surface area contributed by atoms with Gasteiger partial charge >= 0.3 is 0 Å². The molecule has 2 heterocycles. The standard InChI is InChI=1S/C24H33N3O4S/c1-18-15-21(7-9-24(18)30-3)32(28,29)25-17-23(27-11-13-31-14-12-27)20-6-8-22-19(16-20)5-4-10-26(22)2/h6-9,15-16,23,25H,4-5,10-14,17H2,1-3H3/t23-/m0/s1. The van der Waals surface area contributed by atoms with E-state index < -0.39 is 10.0 Å². The smallest absolute Gasteiger partial charge is 0.240 e. The van der Waals surface area contributed by atoms with Crippen molar-refractivity contribution in [1.29, 1.82) is 0 Å². The highest BCUT2D eigenvalue weighted by molar-refractivity contribution is 7.89. The van der Waals surface area contributed by atoms with Crippen LogP contribution in [0.15, 0.2) is 41.3 Å². The Labute approximate surface area is 191 Å². The predicted molar refractivity (Wildman–Crippen MR) is 126 cm³/mol. The Bertz CT molecular complexity index is 1050. The number of benzene rings is 2. The van der Waals surface area contributed by atoms with Crippen molar-refractivity contribution in [1.82, 2.24) is 9.62 Å². The second-order valence-corrected chi connectivity index (χ2v) is 10.3. The summed E-state index contributed by atoms with van der Waals surface area (Å²) in [6.45, 7) is 6.11. The Morgan fingerprint density at radius 3 is 2.62 bits per heavy atom. The van der Waals surface area contributed by atoms with Gasteiger partial charge in [0.05, 0.1) is 25.2 Å². The van der Waals surface area contributed by atoms with Crippen LogP contribution in [-0.2, 0) is 21.2 Å². The van der Waals surface area contributed by atoms with E-state index in [1.165, 1.54) is 11.3 Å². The van der Waals surface area contributed by atoms with Crippen LogP contribution in [0, 0.1) is 6.92 Å². The van der Waals surface area contributed by atoms with Crippen LogP contribution in [0.1, 0.15) is 29.2 Å². The third-order valence-electron chi connectivity index (χ3n) is 6.47. The number of ether oxygens (including phenoxy) is 2. The minimum absolute atomic E-state index is 0.0504. The number of morpholine rings is 1. The Morgan fingerprint density at radius 1 is 1.12 bits per heavy atom. The van der Waals surface area contributed by atoms with Crippen LogP contribution in [0.4, 0.5) is 5.69 Å². The maximum Gasteiger partial charge on any atom is 0.240 e. The monoisotopic (exact) mass is 459 g/mol. The fourth-order valence-electron chi connectivity index (χ4n) is 4.65. The molecule has 0 saturated carbocycles. The van der Waals surface area contributed by atoms with E-state index >= 15 is 0 Å². The van der Waals surface area contributed by atoms with Gasteiger partial charge in [-0.1, -0.05) is 12.1 Å². The summed E-state index contributed by atoms with van der Waals surface area (Å²) in [6, 6.07) is 11.5. The molecule has 174 valence electrons. The number of rotatable bonds is 7. The summed E-state index contributed by atoms with van der Waals surface area (Å²) in [7, 11) is 0.0612. The van der Waals surface area contributed by atoms with Crippen molar-refractivity contribution in [2.45, 2.75) is 30.7 Å². The van der Waals surface area contributed by atoms with Crippen LogP contribution in [-0.4, -0.2) is 66.9 Å². The molecule has 0 aliphatic carbocycles. The molecular formula is C24H33N3O4S. The van der Waals surface area contributed by atoms with E-state index in [-0.39, 0.29) is 10.9 Å². The normalized spacial score (nSPS) is 18.3. The molecule has 0 bridgehead atoms. The third kappa shape index (κ3) is 4.93. The summed E-state index contributed by atoms with van der Waals surface area (Å²) < 4.78 is 39.8. The van der Waals surface area contributed by atoms with Crippen LogP contribution in [0.2, 0.25) is 0 Å². The van der Waals surface area contributed by atoms with E-state index in [2.05, 4.69) is 39.8 Å². The van der Waals surface area contributed by atoms with Crippen molar-refractivity contribution < 1.29 is 17.9 Å². The molecule has 0 amide bonds. The molecular weight excluding hydrogens is 426 g/mol. The Morgan fingerprint density at radius 2 is 1.91 bits per heavy atom. The largest absolute Gasteiger partial charge is 0.496 e. The lowest BCUT2D eigenvalue weighted by Crippen LogP contribution is -2.43. The first-order valence-corrected chi connectivity index (χ1v) is 12.7. The number of hydrogen-bond donors (Lipinski definition) is 1. The number of nitrogens with one attached hydrogen (secondary N) is 1. The van der Waals surface area contributed by atoms with Gasteiger partial charge in [-0.05, 0) is 60.7 Å². The van der Waals surface area contributed by atoms with Gasteiger partial charge in [0.15, 0.2) is 0 Å². The molecule has 1 fully saturated rings. The van der Waals surface area contributed by atoms with Gasteiger partial charge in [0, 0.05) is 45.0 Å². The minimum Gasteiger partial charge on any atom is -0.496 e. The number of aryl methyl sites for hydroxylation is 2. The second kappa shape index (κ2) is 9.79. The second-order valence-electron chi connectivity index (χ2n) is 8.56. The van der Waals surface area contributed by atoms with Crippen molar-refractivity contribution in [3.05, 3.63) is 53.1 Å². The first-order valence-electron chi connectivity index (χ1n) is 11.2. The van der Waals surface area contributed by atoms with Crippen LogP contribution in [0.3, 0.4) is 0 Å². The van der Waals surface area contributed by atoms with Gasteiger partial charge in [-0.2, -0.15) is 0 Å². The van der Waals surface area contributed by atoms with Crippen molar-refractivity contribution in [3.63, 3.8) is 0 Å². The first kappa shape index (κ1) is 23.0. The first-order chi connectivity index (χ1) is 15.4. The molecule has 0 spiro atoms. The summed E-state index contributed by atoms with van der Waals surface area (Å²) in [4.78, 5) is 4.87. The lowest BCUT2D eigenvalue weighted by molar-refractivity contribution is 0.0172. The number of hydrogen-bond acceptors (Lipinski definition) is 6. The summed E-state index contributed by atoms with van der Waals surface area (Å²) in [5.41, 5.74) is 4.55. The molecule has 0 radical (unpaired) electrons. The fourth-order valence-corrected chi connectivity index (χ4v) is 5.77. The van der Waals surface area contributed by atoms with Crippen LogP contribution >= 0.6 is 0 Å². The van der Waals surface area contributed by atoms with Gasteiger partial charge in [-0.25, -0.2) is 13.1 Å². The van der Waals surface area contributed by atoms with Crippen molar-refractivity contribution in [3.8, 4) is 5.75 Å². The number of sulfonamides is 1. The summed E-state index contributed by atoms with van der Waals surface area (Å²) >= 11 is 0. The molecule has 1 N–H and O–H groups in total. The molecule has 7 nitrogen and oxygen atoms in total. The maximum atomic E-state index is 13.1. The Kier molecular flexibility index (Phi) is 7.05. The van der Waals surface area contributed by atoms with Gasteiger partial charge in [0.25, 0.3) is 0 Å². The zero-order valence-corrected chi connectivity index (χ0v) is 20.0. The maximum absolute atomic E-state index is 13.1. The third-order valence-corrected chi connectivity index (χ3v) is 7.89. The highest BCUT2D eigenvalue weighted by Gasteiger charge is 2.26. The average Bonchev–Trinajstić information content (AvgIpc) is 2.80. The van der Waals surface area contributed by atoms with Crippen LogP contribution in [0.25, 0.3) is 0 Å². The highest BCUT2D eigenvalue weighted by atomic mass is 32.2. The number of methoxy groups -OCH3 is 1. The van der Waals surface area contributed by atoms with Gasteiger partial charge in [-0.15, -0.1) is 0 Å². The molecule has 2 aliphatic rings. The molecule has 8 heteroatoms. The van der Waals surface area contributed by atoms with Gasteiger partial charge in [-0.3, -0.25) is 4.90 Å². The molecule has 1 atom stereocenters. The van der Waals surface area contributed by atoms with E-state index in [0.29, 0.717) is 25.5 Å². The molecule has 4 rings (SSSR count). The highest BCUT2D eigenvalue weighted by Crippen LogP contribution is 2.31. The summed E-state index contributed by atoms with van der Waals surface area (Å²) in [5.74, 6) is 0.675. The van der Waals surface area contributed by atoms with Crippen molar-refractivity contribution >= 4 is 15.7 Å². The van der Waals surface area contributed by atoms with Crippen LogP contribution in [0.5, 0.6) is 5.75 Å². The zero-order valence-electron chi connectivity index (χ0n) is 19.1. The van der Waals surface area contributed by atoms with E-state index in [1.807, 2.05) is 6.92 Å². The summed E-state index contributed by atoms with van der Waals surface area (Å²) in [5, 5.41) is 0.